The zero-order valence-electron chi connectivity index (χ0n) is 17.1. The molecule has 2 aromatic heterocycles. The smallest absolute Gasteiger partial charge is 0.240 e. The van der Waals surface area contributed by atoms with Gasteiger partial charge in [0.2, 0.25) is 10.0 Å². The number of nitrogens with zero attached hydrogens (tertiary/aromatic N) is 2. The molecule has 2 aromatic carbocycles. The summed E-state index contributed by atoms with van der Waals surface area (Å²) in [5, 5.41) is 7.10. The van der Waals surface area contributed by atoms with Gasteiger partial charge in [0.15, 0.2) is 9.84 Å². The van der Waals surface area contributed by atoms with Crippen LogP contribution in [0, 0.1) is 0 Å². The lowest BCUT2D eigenvalue weighted by atomic mass is 10.2. The molecule has 12 heteroatoms. The van der Waals surface area contributed by atoms with E-state index >= 15 is 0 Å². The van der Waals surface area contributed by atoms with Gasteiger partial charge in [-0.05, 0) is 49.5 Å². The first-order valence-corrected chi connectivity index (χ1v) is 12.7. The first-order chi connectivity index (χ1) is 15.2. The third-order valence-corrected chi connectivity index (χ3v) is 7.25. The van der Waals surface area contributed by atoms with Gasteiger partial charge in [-0.25, -0.2) is 31.5 Å². The molecule has 0 atom stereocenters. The number of sulfone groups is 1. The number of hydrogen-bond acceptors (Lipinski definition) is 8. The van der Waals surface area contributed by atoms with Gasteiger partial charge in [-0.3, -0.25) is 0 Å². The molecule has 0 saturated carbocycles. The summed E-state index contributed by atoms with van der Waals surface area (Å²) >= 11 is 0. The first kappa shape index (κ1) is 21.7. The van der Waals surface area contributed by atoms with Crippen molar-refractivity contribution in [2.75, 3.05) is 23.9 Å². The molecule has 0 bridgehead atoms. The summed E-state index contributed by atoms with van der Waals surface area (Å²) in [5.41, 5.74) is 1.90. The maximum Gasteiger partial charge on any atom is 0.240 e. The number of sulfonamides is 1. The predicted molar refractivity (Wildman–Crippen MR) is 123 cm³/mol. The largest absolute Gasteiger partial charge is 0.361 e. The number of nitrogens with one attached hydrogen (secondary N) is 4. The molecule has 0 unspecified atom stereocenters. The third-order valence-electron chi connectivity index (χ3n) is 4.69. The van der Waals surface area contributed by atoms with Gasteiger partial charge in [-0.15, -0.1) is 0 Å². The summed E-state index contributed by atoms with van der Waals surface area (Å²) in [6.07, 6.45) is 4.21. The van der Waals surface area contributed by atoms with E-state index in [0.29, 0.717) is 5.82 Å². The molecule has 0 aliphatic heterocycles. The second kappa shape index (κ2) is 8.22. The average molecular weight is 473 g/mol. The molecule has 0 spiro atoms. The summed E-state index contributed by atoms with van der Waals surface area (Å²) in [6.45, 7) is 0. The zero-order chi connectivity index (χ0) is 22.9. The molecule has 10 nitrogen and oxygen atoms in total. The summed E-state index contributed by atoms with van der Waals surface area (Å²) in [6, 6.07) is 13.0. The van der Waals surface area contributed by atoms with Gasteiger partial charge in [0, 0.05) is 35.1 Å². The molecule has 2 heterocycles. The van der Waals surface area contributed by atoms with Gasteiger partial charge < -0.3 is 15.6 Å². The lowest BCUT2D eigenvalue weighted by Crippen LogP contribution is -2.19. The summed E-state index contributed by atoms with van der Waals surface area (Å²) in [4.78, 5) is 11.3. The Morgan fingerprint density at radius 2 is 1.62 bits per heavy atom. The molecule has 32 heavy (non-hydrogen) atoms. The van der Waals surface area contributed by atoms with Crippen LogP contribution in [0.4, 0.5) is 23.0 Å². The van der Waals surface area contributed by atoms with Crippen LogP contribution in [0.3, 0.4) is 0 Å². The van der Waals surface area contributed by atoms with Gasteiger partial charge in [0.05, 0.1) is 15.5 Å². The minimum Gasteiger partial charge on any atom is -0.361 e. The van der Waals surface area contributed by atoms with E-state index in [1.54, 1.807) is 6.07 Å². The molecule has 4 aromatic rings. The van der Waals surface area contributed by atoms with Crippen LogP contribution in [-0.2, 0) is 19.9 Å². The van der Waals surface area contributed by atoms with E-state index in [0.717, 1.165) is 22.8 Å². The minimum atomic E-state index is -3.77. The fourth-order valence-electron chi connectivity index (χ4n) is 3.13. The molecule has 0 aliphatic rings. The first-order valence-electron chi connectivity index (χ1n) is 9.37. The Hall–Kier alpha value is -3.48. The maximum atomic E-state index is 12.2. The Bertz CT molecular complexity index is 1510. The minimum absolute atomic E-state index is 0.0569. The van der Waals surface area contributed by atoms with Gasteiger partial charge >= 0.3 is 0 Å². The molecule has 0 saturated heterocycles. The number of benzene rings is 2. The number of hydrogen-bond donors (Lipinski definition) is 4. The van der Waals surface area contributed by atoms with E-state index in [4.69, 9.17) is 0 Å². The molecule has 166 valence electrons. The van der Waals surface area contributed by atoms with E-state index in [1.165, 1.54) is 31.6 Å². The Kier molecular flexibility index (Phi) is 5.59. The lowest BCUT2D eigenvalue weighted by Gasteiger charge is -2.13. The van der Waals surface area contributed by atoms with Crippen LogP contribution in [0.1, 0.15) is 0 Å². The van der Waals surface area contributed by atoms with Gasteiger partial charge in [-0.2, -0.15) is 0 Å². The second-order valence-corrected chi connectivity index (χ2v) is 10.8. The molecule has 4 rings (SSSR count). The monoisotopic (exact) mass is 472 g/mol. The average Bonchev–Trinajstić information content (AvgIpc) is 3.21. The Morgan fingerprint density at radius 3 is 2.34 bits per heavy atom. The highest BCUT2D eigenvalue weighted by atomic mass is 32.2. The number of fused-ring (bicyclic) bond motifs is 1. The van der Waals surface area contributed by atoms with Crippen molar-refractivity contribution in [3.8, 4) is 0 Å². The number of aromatic nitrogens is 3. The van der Waals surface area contributed by atoms with Crippen molar-refractivity contribution in [1.29, 1.82) is 0 Å². The second-order valence-electron chi connectivity index (χ2n) is 6.96. The SMILES string of the molecule is CNS(=O)(=O)c1ccc(S(C)(=O)=O)c(Nc2cc(Nc3ccc4[nH]ccc4c3)ncn2)c1. The van der Waals surface area contributed by atoms with Crippen LogP contribution in [0.25, 0.3) is 10.9 Å². The van der Waals surface area contributed by atoms with Gasteiger partial charge in [0.1, 0.15) is 18.0 Å². The van der Waals surface area contributed by atoms with Crippen molar-refractivity contribution < 1.29 is 16.8 Å². The van der Waals surface area contributed by atoms with E-state index in [-0.39, 0.29) is 21.3 Å². The van der Waals surface area contributed by atoms with Crippen LogP contribution in [0.2, 0.25) is 0 Å². The van der Waals surface area contributed by atoms with Gasteiger partial charge in [0.25, 0.3) is 0 Å². The molecular formula is C20H20N6O4S2. The van der Waals surface area contributed by atoms with Crippen LogP contribution in [0.15, 0.2) is 70.8 Å². The lowest BCUT2D eigenvalue weighted by molar-refractivity contribution is 0.587. The van der Waals surface area contributed by atoms with Crippen molar-refractivity contribution in [3.05, 3.63) is 61.1 Å². The predicted octanol–water partition coefficient (Wildman–Crippen LogP) is 2.76. The fourth-order valence-corrected chi connectivity index (χ4v) is 4.71. The maximum absolute atomic E-state index is 12.2. The van der Waals surface area contributed by atoms with Crippen LogP contribution in [-0.4, -0.2) is 45.1 Å². The summed E-state index contributed by atoms with van der Waals surface area (Å²) in [7, 11) is -6.13. The van der Waals surface area contributed by atoms with E-state index in [9.17, 15) is 16.8 Å². The third kappa shape index (κ3) is 4.56. The number of H-pyrrole nitrogens is 1. The topological polar surface area (TPSA) is 146 Å². The quantitative estimate of drug-likeness (QED) is 0.321. The fraction of sp³-hybridized carbons (Fsp3) is 0.100. The van der Waals surface area contributed by atoms with Crippen molar-refractivity contribution >= 4 is 53.8 Å². The van der Waals surface area contributed by atoms with Crippen LogP contribution >= 0.6 is 0 Å². The van der Waals surface area contributed by atoms with E-state index < -0.39 is 19.9 Å². The van der Waals surface area contributed by atoms with Gasteiger partial charge in [-0.1, -0.05) is 0 Å². The number of anilines is 4. The van der Waals surface area contributed by atoms with E-state index in [2.05, 4.69) is 30.3 Å². The van der Waals surface area contributed by atoms with E-state index in [1.807, 2.05) is 30.5 Å². The Labute approximate surface area is 185 Å². The highest BCUT2D eigenvalue weighted by Gasteiger charge is 2.19. The number of rotatable bonds is 7. The van der Waals surface area contributed by atoms with Crippen molar-refractivity contribution in [2.45, 2.75) is 9.79 Å². The normalized spacial score (nSPS) is 12.1. The van der Waals surface area contributed by atoms with Crippen LogP contribution < -0.4 is 15.4 Å². The molecule has 0 fully saturated rings. The summed E-state index contributed by atoms with van der Waals surface area (Å²) < 4.78 is 51.0. The molecule has 0 aliphatic carbocycles. The molecule has 0 amide bonds. The molecule has 0 radical (unpaired) electrons. The molecular weight excluding hydrogens is 452 g/mol. The highest BCUT2D eigenvalue weighted by molar-refractivity contribution is 7.91. The van der Waals surface area contributed by atoms with Crippen LogP contribution in [0.5, 0.6) is 0 Å². The Balaban J connectivity index is 1.67. The standard InChI is InChI=1S/C20H20N6O4S2/c1-21-32(29,30)15-4-6-18(31(2,27)28)17(10-15)26-20-11-19(23-12-24-20)25-14-3-5-16-13(9-14)7-8-22-16/h3-12,21-22H,1-2H3,(H2,23,24,25,26). The summed E-state index contributed by atoms with van der Waals surface area (Å²) in [5.74, 6) is 0.756. The Morgan fingerprint density at radius 1 is 0.875 bits per heavy atom. The zero-order valence-corrected chi connectivity index (χ0v) is 18.8. The van der Waals surface area contributed by atoms with Crippen molar-refractivity contribution in [1.82, 2.24) is 19.7 Å². The van der Waals surface area contributed by atoms with Crippen molar-refractivity contribution in [3.63, 3.8) is 0 Å². The van der Waals surface area contributed by atoms with Crippen molar-refractivity contribution in [2.24, 2.45) is 0 Å². The number of aromatic amines is 1. The highest BCUT2D eigenvalue weighted by Crippen LogP contribution is 2.28. The molecule has 4 N–H and O–H groups in total.